The van der Waals surface area contributed by atoms with Gasteiger partial charge in [-0.3, -0.25) is 4.68 Å². The van der Waals surface area contributed by atoms with Gasteiger partial charge in [0.25, 0.3) is 0 Å². The molecule has 1 N–H and O–H groups in total. The lowest BCUT2D eigenvalue weighted by Gasteiger charge is -2.12. The second kappa shape index (κ2) is 6.32. The van der Waals surface area contributed by atoms with E-state index in [1.165, 1.54) is 29.7 Å². The highest BCUT2D eigenvalue weighted by atomic mass is 79.9. The molecule has 3 rings (SSSR count). The molecule has 21 heavy (non-hydrogen) atoms. The van der Waals surface area contributed by atoms with Crippen LogP contribution in [0.2, 0.25) is 0 Å². The van der Waals surface area contributed by atoms with Crippen LogP contribution in [-0.2, 0) is 13.1 Å². The zero-order valence-electron chi connectivity index (χ0n) is 12.6. The fourth-order valence-electron chi connectivity index (χ4n) is 2.63. The molecule has 1 aliphatic rings. The number of benzene rings is 1. The lowest BCUT2D eigenvalue weighted by Crippen LogP contribution is -2.22. The van der Waals surface area contributed by atoms with E-state index in [4.69, 9.17) is 0 Å². The van der Waals surface area contributed by atoms with Gasteiger partial charge in [0.1, 0.15) is 0 Å². The summed E-state index contributed by atoms with van der Waals surface area (Å²) in [6.07, 6.45) is 4.65. The molecule has 1 aliphatic carbocycles. The van der Waals surface area contributed by atoms with E-state index in [9.17, 15) is 0 Å². The zero-order chi connectivity index (χ0) is 14.8. The van der Waals surface area contributed by atoms with Gasteiger partial charge in [0.15, 0.2) is 0 Å². The first-order chi connectivity index (χ1) is 10.1. The van der Waals surface area contributed by atoms with Crippen molar-refractivity contribution in [3.63, 3.8) is 0 Å². The van der Waals surface area contributed by atoms with E-state index in [1.54, 1.807) is 0 Å². The Kier molecular flexibility index (Phi) is 4.45. The summed E-state index contributed by atoms with van der Waals surface area (Å²) in [5.41, 5.74) is 4.07. The van der Waals surface area contributed by atoms with Crippen molar-refractivity contribution in [3.8, 4) is 0 Å². The number of halogens is 1. The van der Waals surface area contributed by atoms with Gasteiger partial charge in [0.05, 0.1) is 12.7 Å². The van der Waals surface area contributed by atoms with Gasteiger partial charge in [-0.05, 0) is 24.5 Å². The number of nitrogens with one attached hydrogen (secondary N) is 1. The average molecular weight is 348 g/mol. The molecule has 1 aromatic heterocycles. The van der Waals surface area contributed by atoms with Gasteiger partial charge in [-0.1, -0.05) is 48.0 Å². The molecule has 0 spiro atoms. The van der Waals surface area contributed by atoms with E-state index < -0.39 is 0 Å². The van der Waals surface area contributed by atoms with Crippen molar-refractivity contribution in [2.45, 2.75) is 51.7 Å². The van der Waals surface area contributed by atoms with Gasteiger partial charge in [-0.25, -0.2) is 0 Å². The molecular formula is C17H22BrN3. The minimum atomic E-state index is 0.503. The molecule has 4 heteroatoms. The molecular weight excluding hydrogens is 326 g/mol. The van der Waals surface area contributed by atoms with Crippen LogP contribution >= 0.6 is 15.9 Å². The lowest BCUT2D eigenvalue weighted by atomic mass is 10.1. The molecule has 1 heterocycles. The molecule has 0 unspecified atom stereocenters. The van der Waals surface area contributed by atoms with Crippen LogP contribution in [0.5, 0.6) is 0 Å². The Morgan fingerprint density at radius 3 is 2.71 bits per heavy atom. The van der Waals surface area contributed by atoms with E-state index in [0.29, 0.717) is 12.0 Å². The molecule has 1 fully saturated rings. The van der Waals surface area contributed by atoms with Crippen molar-refractivity contribution >= 4 is 15.9 Å². The summed E-state index contributed by atoms with van der Waals surface area (Å²) >= 11 is 3.63. The maximum absolute atomic E-state index is 4.65. The van der Waals surface area contributed by atoms with E-state index >= 15 is 0 Å². The van der Waals surface area contributed by atoms with Crippen molar-refractivity contribution in [2.24, 2.45) is 0 Å². The quantitative estimate of drug-likeness (QED) is 0.853. The fourth-order valence-corrected chi connectivity index (χ4v) is 3.04. The summed E-state index contributed by atoms with van der Waals surface area (Å²) in [5.74, 6) is 0.707. The summed E-state index contributed by atoms with van der Waals surface area (Å²) < 4.78 is 3.35. The van der Waals surface area contributed by atoms with Gasteiger partial charge in [-0.2, -0.15) is 5.10 Å². The first-order valence-corrected chi connectivity index (χ1v) is 8.46. The first-order valence-electron chi connectivity index (χ1n) is 7.66. The van der Waals surface area contributed by atoms with Crippen molar-refractivity contribution in [1.29, 1.82) is 0 Å². The molecule has 3 nitrogen and oxygen atoms in total. The Hall–Kier alpha value is -1.13. The van der Waals surface area contributed by atoms with Gasteiger partial charge in [0.2, 0.25) is 0 Å². The second-order valence-corrected chi connectivity index (χ2v) is 6.97. The lowest BCUT2D eigenvalue weighted by molar-refractivity contribution is 0.582. The largest absolute Gasteiger partial charge is 0.310 e. The van der Waals surface area contributed by atoms with E-state index in [-0.39, 0.29) is 0 Å². The average Bonchev–Trinajstić information content (AvgIpc) is 3.21. The van der Waals surface area contributed by atoms with E-state index in [1.807, 2.05) is 6.20 Å². The van der Waals surface area contributed by atoms with Crippen LogP contribution in [-0.4, -0.2) is 15.8 Å². The van der Waals surface area contributed by atoms with Crippen LogP contribution in [0.1, 0.15) is 49.4 Å². The Morgan fingerprint density at radius 1 is 1.29 bits per heavy atom. The first kappa shape index (κ1) is 14.8. The van der Waals surface area contributed by atoms with Gasteiger partial charge in [0, 0.05) is 34.2 Å². The molecule has 0 atom stereocenters. The number of hydrogen-bond acceptors (Lipinski definition) is 2. The van der Waals surface area contributed by atoms with E-state index in [2.05, 4.69) is 69.1 Å². The van der Waals surface area contributed by atoms with Gasteiger partial charge in [-0.15, -0.1) is 0 Å². The normalized spacial score (nSPS) is 14.9. The highest BCUT2D eigenvalue weighted by Gasteiger charge is 2.30. The number of nitrogens with zero attached hydrogens (tertiary/aromatic N) is 2. The zero-order valence-corrected chi connectivity index (χ0v) is 14.2. The highest BCUT2D eigenvalue weighted by molar-refractivity contribution is 9.10. The topological polar surface area (TPSA) is 29.9 Å². The minimum Gasteiger partial charge on any atom is -0.310 e. The van der Waals surface area contributed by atoms with Crippen LogP contribution < -0.4 is 5.32 Å². The Balaban J connectivity index is 1.83. The molecule has 1 aromatic carbocycles. The van der Waals surface area contributed by atoms with Crippen LogP contribution in [0.15, 0.2) is 34.9 Å². The predicted molar refractivity (Wildman–Crippen MR) is 89.4 cm³/mol. The summed E-state index contributed by atoms with van der Waals surface area (Å²) in [5, 5.41) is 8.16. The third-order valence-electron chi connectivity index (χ3n) is 3.90. The molecule has 2 aromatic rings. The van der Waals surface area contributed by atoms with Gasteiger partial charge >= 0.3 is 0 Å². The maximum Gasteiger partial charge on any atom is 0.0673 e. The highest BCUT2D eigenvalue weighted by Crippen LogP contribution is 2.42. The Bertz CT molecular complexity index is 614. The smallest absolute Gasteiger partial charge is 0.0673 e. The number of hydrogen-bond donors (Lipinski definition) is 1. The molecule has 112 valence electrons. The molecule has 0 aliphatic heterocycles. The van der Waals surface area contributed by atoms with Crippen LogP contribution in [0.25, 0.3) is 0 Å². The Labute approximate surface area is 134 Å². The predicted octanol–water partition coefficient (Wildman–Crippen LogP) is 4.07. The number of rotatable bonds is 6. The Morgan fingerprint density at radius 2 is 2.05 bits per heavy atom. The summed E-state index contributed by atoms with van der Waals surface area (Å²) in [6, 6.07) is 8.90. The summed E-state index contributed by atoms with van der Waals surface area (Å²) in [6.45, 7) is 6.12. The van der Waals surface area contributed by atoms with E-state index in [0.717, 1.165) is 17.6 Å². The molecule has 1 saturated carbocycles. The molecule has 0 bridgehead atoms. The minimum absolute atomic E-state index is 0.503. The monoisotopic (exact) mass is 347 g/mol. The van der Waals surface area contributed by atoms with Crippen LogP contribution in [0, 0.1) is 0 Å². The SMILES string of the molecule is CC(C)NCc1cnn(Cc2ccccc2Br)c1C1CC1. The van der Waals surface area contributed by atoms with Crippen molar-refractivity contribution < 1.29 is 0 Å². The second-order valence-electron chi connectivity index (χ2n) is 6.11. The van der Waals surface area contributed by atoms with Crippen LogP contribution in [0.3, 0.4) is 0 Å². The summed E-state index contributed by atoms with van der Waals surface area (Å²) in [4.78, 5) is 0. The maximum atomic E-state index is 4.65. The molecule has 0 radical (unpaired) electrons. The third kappa shape index (κ3) is 3.55. The third-order valence-corrected chi connectivity index (χ3v) is 4.68. The van der Waals surface area contributed by atoms with Crippen LogP contribution in [0.4, 0.5) is 0 Å². The number of aromatic nitrogens is 2. The van der Waals surface area contributed by atoms with Crippen molar-refractivity contribution in [1.82, 2.24) is 15.1 Å². The molecule has 0 saturated heterocycles. The molecule has 0 amide bonds. The standard InChI is InChI=1S/C17H22BrN3/c1-12(2)19-9-15-10-20-21(17(15)13-7-8-13)11-14-5-3-4-6-16(14)18/h3-6,10,12-13,19H,7-9,11H2,1-2H3. The van der Waals surface area contributed by atoms with Crippen molar-refractivity contribution in [2.75, 3.05) is 0 Å². The summed E-state index contributed by atoms with van der Waals surface area (Å²) in [7, 11) is 0. The van der Waals surface area contributed by atoms with Gasteiger partial charge < -0.3 is 5.32 Å². The van der Waals surface area contributed by atoms with Crippen molar-refractivity contribution in [3.05, 3.63) is 51.8 Å². The fraction of sp³-hybridized carbons (Fsp3) is 0.471.